The first-order valence-corrected chi connectivity index (χ1v) is 7.20. The third-order valence-corrected chi connectivity index (χ3v) is 3.34. The van der Waals surface area contributed by atoms with Gasteiger partial charge < -0.3 is 9.64 Å². The normalized spacial score (nSPS) is 10.5. The maximum Gasteiger partial charge on any atom is 0.328 e. The molecule has 23 heavy (non-hydrogen) atoms. The third kappa shape index (κ3) is 4.93. The molecule has 7 heteroatoms. The number of carbonyl (C=O) groups is 1. The van der Waals surface area contributed by atoms with E-state index in [1.54, 1.807) is 12.0 Å². The number of nitrogens with zero attached hydrogens (tertiary/aromatic N) is 2. The van der Waals surface area contributed by atoms with E-state index in [-0.39, 0.29) is 12.5 Å². The predicted molar refractivity (Wildman–Crippen MR) is 85.1 cm³/mol. The molecule has 1 aromatic heterocycles. The molecule has 0 fully saturated rings. The highest BCUT2D eigenvalue weighted by Crippen LogP contribution is 2.05. The lowest BCUT2D eigenvalue weighted by Gasteiger charge is -2.23. The summed E-state index contributed by atoms with van der Waals surface area (Å²) < 4.78 is 6.22. The molecule has 1 N–H and O–H groups in total. The number of rotatable bonds is 7. The van der Waals surface area contributed by atoms with Gasteiger partial charge in [0.1, 0.15) is 6.54 Å². The number of methoxy groups -OCH3 is 1. The van der Waals surface area contributed by atoms with Crippen molar-refractivity contribution in [3.8, 4) is 0 Å². The van der Waals surface area contributed by atoms with E-state index < -0.39 is 11.2 Å². The van der Waals surface area contributed by atoms with Gasteiger partial charge in [-0.3, -0.25) is 19.1 Å². The number of carbonyl (C=O) groups excluding carboxylic acids is 1. The van der Waals surface area contributed by atoms with Crippen LogP contribution in [0.2, 0.25) is 0 Å². The summed E-state index contributed by atoms with van der Waals surface area (Å²) in [5.74, 6) is -0.222. The molecular formula is C16H19N3O4. The van der Waals surface area contributed by atoms with E-state index in [9.17, 15) is 14.4 Å². The molecule has 0 saturated carbocycles. The van der Waals surface area contributed by atoms with Crippen molar-refractivity contribution in [2.45, 2.75) is 13.1 Å². The average Bonchev–Trinajstić information content (AvgIpc) is 2.55. The van der Waals surface area contributed by atoms with Gasteiger partial charge in [-0.05, 0) is 5.56 Å². The average molecular weight is 317 g/mol. The number of H-pyrrole nitrogens is 1. The number of hydrogen-bond donors (Lipinski definition) is 1. The minimum Gasteiger partial charge on any atom is -0.383 e. The summed E-state index contributed by atoms with van der Waals surface area (Å²) in [6, 6.07) is 10.8. The molecule has 0 radical (unpaired) electrons. The number of aromatic nitrogens is 2. The molecule has 122 valence electrons. The summed E-state index contributed by atoms with van der Waals surface area (Å²) in [5, 5.41) is 0. The standard InChI is InChI=1S/C16H19N3O4/c1-23-10-9-18(11-13-5-3-2-4-6-13)15(21)12-19-8-7-14(20)17-16(19)22/h2-8H,9-12H2,1H3,(H,17,20,22). The van der Waals surface area contributed by atoms with Crippen LogP contribution >= 0.6 is 0 Å². The quantitative estimate of drug-likeness (QED) is 0.791. The fourth-order valence-electron chi connectivity index (χ4n) is 2.11. The number of amides is 1. The van der Waals surface area contributed by atoms with Gasteiger partial charge in [0.25, 0.3) is 5.56 Å². The van der Waals surface area contributed by atoms with Gasteiger partial charge in [0.15, 0.2) is 0 Å². The topological polar surface area (TPSA) is 84.4 Å². The second-order valence-electron chi connectivity index (χ2n) is 5.03. The Morgan fingerprint density at radius 2 is 1.96 bits per heavy atom. The second kappa shape index (κ2) is 8.09. The Balaban J connectivity index is 2.12. The highest BCUT2D eigenvalue weighted by molar-refractivity contribution is 5.76. The van der Waals surface area contributed by atoms with Gasteiger partial charge in [-0.1, -0.05) is 30.3 Å². The molecule has 7 nitrogen and oxygen atoms in total. The molecule has 0 atom stereocenters. The van der Waals surface area contributed by atoms with Crippen molar-refractivity contribution >= 4 is 5.91 Å². The van der Waals surface area contributed by atoms with Crippen LogP contribution in [-0.2, 0) is 22.6 Å². The zero-order chi connectivity index (χ0) is 16.7. The molecule has 1 aromatic carbocycles. The van der Waals surface area contributed by atoms with Gasteiger partial charge in [0.05, 0.1) is 6.61 Å². The Morgan fingerprint density at radius 3 is 2.61 bits per heavy atom. The maximum atomic E-state index is 12.5. The maximum absolute atomic E-state index is 12.5. The third-order valence-electron chi connectivity index (χ3n) is 3.34. The van der Waals surface area contributed by atoms with Crippen LogP contribution in [0.4, 0.5) is 0 Å². The van der Waals surface area contributed by atoms with E-state index in [2.05, 4.69) is 4.98 Å². The van der Waals surface area contributed by atoms with Crippen molar-refractivity contribution in [3.63, 3.8) is 0 Å². The van der Waals surface area contributed by atoms with Gasteiger partial charge >= 0.3 is 5.69 Å². The van der Waals surface area contributed by atoms with Crippen molar-refractivity contribution in [1.29, 1.82) is 0 Å². The van der Waals surface area contributed by atoms with Crippen LogP contribution in [0.3, 0.4) is 0 Å². The Bertz CT molecular complexity index is 752. The van der Waals surface area contributed by atoms with Crippen molar-refractivity contribution in [2.24, 2.45) is 0 Å². The first-order valence-electron chi connectivity index (χ1n) is 7.20. The van der Waals surface area contributed by atoms with E-state index >= 15 is 0 Å². The number of aromatic amines is 1. The van der Waals surface area contributed by atoms with E-state index in [1.807, 2.05) is 30.3 Å². The summed E-state index contributed by atoms with van der Waals surface area (Å²) in [5.41, 5.74) is -0.0951. The van der Waals surface area contributed by atoms with Crippen LogP contribution in [-0.4, -0.2) is 40.6 Å². The molecule has 2 rings (SSSR count). The summed E-state index contributed by atoms with van der Waals surface area (Å²) in [7, 11) is 1.57. The molecule has 0 aliphatic heterocycles. The van der Waals surface area contributed by atoms with Crippen LogP contribution < -0.4 is 11.2 Å². The highest BCUT2D eigenvalue weighted by atomic mass is 16.5. The van der Waals surface area contributed by atoms with Crippen LogP contribution in [0.15, 0.2) is 52.2 Å². The highest BCUT2D eigenvalue weighted by Gasteiger charge is 2.15. The Kier molecular flexibility index (Phi) is 5.87. The minimum absolute atomic E-state index is 0.133. The molecule has 0 saturated heterocycles. The summed E-state index contributed by atoms with van der Waals surface area (Å²) in [6.07, 6.45) is 1.32. The number of nitrogens with one attached hydrogen (secondary N) is 1. The first-order chi connectivity index (χ1) is 11.1. The summed E-state index contributed by atoms with van der Waals surface area (Å²) in [6.45, 7) is 1.12. The van der Waals surface area contributed by atoms with Crippen LogP contribution in [0, 0.1) is 0 Å². The van der Waals surface area contributed by atoms with E-state index in [1.165, 1.54) is 16.8 Å². The smallest absolute Gasteiger partial charge is 0.328 e. The Morgan fingerprint density at radius 1 is 1.22 bits per heavy atom. The second-order valence-corrected chi connectivity index (χ2v) is 5.03. The van der Waals surface area contributed by atoms with Crippen molar-refractivity contribution < 1.29 is 9.53 Å². The van der Waals surface area contributed by atoms with Gasteiger partial charge in [-0.2, -0.15) is 0 Å². The lowest BCUT2D eigenvalue weighted by atomic mass is 10.2. The molecule has 0 spiro atoms. The molecule has 0 bridgehead atoms. The van der Waals surface area contributed by atoms with Gasteiger partial charge in [0, 0.05) is 32.5 Å². The van der Waals surface area contributed by atoms with Gasteiger partial charge in [0.2, 0.25) is 5.91 Å². The summed E-state index contributed by atoms with van der Waals surface area (Å²) in [4.78, 5) is 39.0. The van der Waals surface area contributed by atoms with E-state index in [0.29, 0.717) is 19.7 Å². The molecule has 1 heterocycles. The molecular weight excluding hydrogens is 298 g/mol. The number of ether oxygens (including phenoxy) is 1. The van der Waals surface area contributed by atoms with Gasteiger partial charge in [-0.25, -0.2) is 4.79 Å². The molecule has 0 unspecified atom stereocenters. The van der Waals surface area contributed by atoms with Crippen LogP contribution in [0.25, 0.3) is 0 Å². The Labute approximate surface area is 133 Å². The van der Waals surface area contributed by atoms with Crippen molar-refractivity contribution in [2.75, 3.05) is 20.3 Å². The number of hydrogen-bond acceptors (Lipinski definition) is 4. The van der Waals surface area contributed by atoms with Gasteiger partial charge in [-0.15, -0.1) is 0 Å². The van der Waals surface area contributed by atoms with Crippen LogP contribution in [0.1, 0.15) is 5.56 Å². The van der Waals surface area contributed by atoms with E-state index in [0.717, 1.165) is 5.56 Å². The zero-order valence-corrected chi connectivity index (χ0v) is 12.9. The first kappa shape index (κ1) is 16.7. The van der Waals surface area contributed by atoms with Crippen molar-refractivity contribution in [3.05, 3.63) is 69.0 Å². The molecule has 0 aliphatic rings. The monoisotopic (exact) mass is 317 g/mol. The molecule has 0 aliphatic carbocycles. The fraction of sp³-hybridized carbons (Fsp3) is 0.312. The lowest BCUT2D eigenvalue weighted by molar-refractivity contribution is -0.133. The predicted octanol–water partition coefficient (Wildman–Crippen LogP) is 0.212. The molecule has 1 amide bonds. The zero-order valence-electron chi connectivity index (χ0n) is 12.9. The van der Waals surface area contributed by atoms with Crippen molar-refractivity contribution in [1.82, 2.24) is 14.5 Å². The molecule has 2 aromatic rings. The van der Waals surface area contributed by atoms with E-state index in [4.69, 9.17) is 4.74 Å². The lowest BCUT2D eigenvalue weighted by Crippen LogP contribution is -2.39. The number of benzene rings is 1. The van der Waals surface area contributed by atoms with Crippen LogP contribution in [0.5, 0.6) is 0 Å². The Hall–Kier alpha value is -2.67. The largest absolute Gasteiger partial charge is 0.383 e. The SMILES string of the molecule is COCCN(Cc1ccccc1)C(=O)Cn1ccc(=O)[nH]c1=O. The fourth-order valence-corrected chi connectivity index (χ4v) is 2.11. The summed E-state index contributed by atoms with van der Waals surface area (Å²) >= 11 is 0. The minimum atomic E-state index is -0.600.